The van der Waals surface area contributed by atoms with Gasteiger partial charge in [0.15, 0.2) is 5.78 Å². The SMILES string of the molecule is CCN1C(=O)[C@@H]2[C@H](C1=O)[C@H]1c3ccccc3C=NN1[C@H]2C(=O)c1ccc(Cl)cc1. The maximum Gasteiger partial charge on any atom is 0.235 e. The number of rotatable bonds is 3. The number of imide groups is 1. The predicted molar refractivity (Wildman–Crippen MR) is 108 cm³/mol. The maximum absolute atomic E-state index is 13.5. The van der Waals surface area contributed by atoms with Crippen molar-refractivity contribution in [1.82, 2.24) is 9.91 Å². The highest BCUT2D eigenvalue weighted by Crippen LogP contribution is 2.52. The Hall–Kier alpha value is -2.99. The van der Waals surface area contributed by atoms with E-state index in [-0.39, 0.29) is 17.6 Å². The standard InChI is InChI=1S/C22H18ClN3O3/c1-2-25-21(28)16-17(22(25)29)19(20(27)12-7-9-14(23)10-8-12)26-18(16)15-6-4-3-5-13(15)11-24-26/h3-11,16-19H,2H2,1H3/t16-,17+,18+,19+/m0/s1. The Labute approximate surface area is 172 Å². The van der Waals surface area contributed by atoms with Crippen LogP contribution in [0, 0.1) is 11.8 Å². The molecule has 5 rings (SSSR count). The number of nitrogens with zero attached hydrogens (tertiary/aromatic N) is 3. The molecule has 6 nitrogen and oxygen atoms in total. The molecule has 0 N–H and O–H groups in total. The average molecular weight is 408 g/mol. The van der Waals surface area contributed by atoms with E-state index >= 15 is 0 Å². The van der Waals surface area contributed by atoms with Gasteiger partial charge in [-0.15, -0.1) is 0 Å². The summed E-state index contributed by atoms with van der Waals surface area (Å²) in [4.78, 5) is 41.0. The van der Waals surface area contributed by atoms with Crippen LogP contribution in [0.4, 0.5) is 0 Å². The highest BCUT2D eigenvalue weighted by molar-refractivity contribution is 6.30. The van der Waals surface area contributed by atoms with Crippen molar-refractivity contribution in [3.05, 3.63) is 70.2 Å². The third-order valence-corrected chi connectivity index (χ3v) is 6.35. The quantitative estimate of drug-likeness (QED) is 0.579. The number of Topliss-reactive ketones (excluding diaryl/α,β-unsaturated/α-hetero) is 1. The molecule has 2 aromatic rings. The molecule has 3 heterocycles. The van der Waals surface area contributed by atoms with Crippen LogP contribution >= 0.6 is 11.6 Å². The molecule has 0 bridgehead atoms. The molecule has 0 aromatic heterocycles. The van der Waals surface area contributed by atoms with Crippen molar-refractivity contribution in [2.45, 2.75) is 19.0 Å². The highest BCUT2D eigenvalue weighted by atomic mass is 35.5. The van der Waals surface area contributed by atoms with Gasteiger partial charge in [-0.05, 0) is 42.3 Å². The molecule has 0 radical (unpaired) electrons. The number of hydrogen-bond acceptors (Lipinski definition) is 5. The molecule has 2 aromatic carbocycles. The summed E-state index contributed by atoms with van der Waals surface area (Å²) in [6, 6.07) is 13.0. The molecular formula is C22H18ClN3O3. The average Bonchev–Trinajstić information content (AvgIpc) is 3.21. The van der Waals surface area contributed by atoms with Gasteiger partial charge in [0.2, 0.25) is 11.8 Å². The number of halogens is 1. The third-order valence-electron chi connectivity index (χ3n) is 6.10. The first-order valence-corrected chi connectivity index (χ1v) is 9.97. The van der Waals surface area contributed by atoms with Gasteiger partial charge in [0.1, 0.15) is 6.04 Å². The van der Waals surface area contributed by atoms with E-state index in [1.54, 1.807) is 42.4 Å². The molecule has 2 fully saturated rings. The van der Waals surface area contributed by atoms with Gasteiger partial charge in [0.25, 0.3) is 0 Å². The van der Waals surface area contributed by atoms with Gasteiger partial charge >= 0.3 is 0 Å². The van der Waals surface area contributed by atoms with Gasteiger partial charge in [0, 0.05) is 17.1 Å². The molecule has 0 aliphatic carbocycles. The number of carbonyl (C=O) groups is 3. The lowest BCUT2D eigenvalue weighted by molar-refractivity contribution is -0.141. The summed E-state index contributed by atoms with van der Waals surface area (Å²) in [5.41, 5.74) is 2.27. The van der Waals surface area contributed by atoms with Crippen LogP contribution in [0.15, 0.2) is 53.6 Å². The Bertz CT molecular complexity index is 1070. The molecule has 7 heteroatoms. The number of hydrazone groups is 1. The summed E-state index contributed by atoms with van der Waals surface area (Å²) in [5, 5.41) is 6.71. The Morgan fingerprint density at radius 2 is 1.72 bits per heavy atom. The summed E-state index contributed by atoms with van der Waals surface area (Å²) < 4.78 is 0. The zero-order valence-electron chi connectivity index (χ0n) is 15.7. The van der Waals surface area contributed by atoms with E-state index < -0.39 is 23.9 Å². The normalized spacial score (nSPS) is 27.1. The van der Waals surface area contributed by atoms with Crippen LogP contribution in [-0.4, -0.2) is 46.3 Å². The number of carbonyl (C=O) groups excluding carboxylic acids is 3. The monoisotopic (exact) mass is 407 g/mol. The van der Waals surface area contributed by atoms with Crippen LogP contribution < -0.4 is 0 Å². The second kappa shape index (κ2) is 6.52. The Morgan fingerprint density at radius 1 is 1.03 bits per heavy atom. The summed E-state index contributed by atoms with van der Waals surface area (Å²) >= 11 is 5.96. The Morgan fingerprint density at radius 3 is 2.45 bits per heavy atom. The van der Waals surface area contributed by atoms with Crippen LogP contribution in [0.3, 0.4) is 0 Å². The van der Waals surface area contributed by atoms with Gasteiger partial charge in [-0.2, -0.15) is 5.10 Å². The van der Waals surface area contributed by atoms with Crippen LogP contribution in [0.5, 0.6) is 0 Å². The number of ketones is 1. The predicted octanol–water partition coefficient (Wildman–Crippen LogP) is 2.92. The molecule has 3 aliphatic heterocycles. The van der Waals surface area contributed by atoms with E-state index in [9.17, 15) is 14.4 Å². The zero-order valence-corrected chi connectivity index (χ0v) is 16.4. The van der Waals surface area contributed by atoms with E-state index in [0.717, 1.165) is 11.1 Å². The molecule has 0 spiro atoms. The molecule has 0 unspecified atom stereocenters. The second-order valence-electron chi connectivity index (χ2n) is 7.49. The molecule has 29 heavy (non-hydrogen) atoms. The number of benzene rings is 2. The first kappa shape index (κ1) is 18.1. The van der Waals surface area contributed by atoms with Crippen molar-refractivity contribution in [3.8, 4) is 0 Å². The zero-order chi connectivity index (χ0) is 20.3. The number of hydrogen-bond donors (Lipinski definition) is 0. The van der Waals surface area contributed by atoms with Gasteiger partial charge < -0.3 is 0 Å². The van der Waals surface area contributed by atoms with Crippen molar-refractivity contribution in [2.75, 3.05) is 6.54 Å². The minimum Gasteiger partial charge on any atom is -0.292 e. The molecular weight excluding hydrogens is 390 g/mol. The molecule has 4 atom stereocenters. The number of likely N-dealkylation sites (tertiary alicyclic amines) is 1. The van der Waals surface area contributed by atoms with Crippen molar-refractivity contribution < 1.29 is 14.4 Å². The fraction of sp³-hybridized carbons (Fsp3) is 0.273. The van der Waals surface area contributed by atoms with E-state index in [1.807, 2.05) is 24.3 Å². The van der Waals surface area contributed by atoms with Crippen LogP contribution in [0.25, 0.3) is 0 Å². The first-order valence-electron chi connectivity index (χ1n) is 9.59. The maximum atomic E-state index is 13.5. The van der Waals surface area contributed by atoms with Crippen molar-refractivity contribution in [1.29, 1.82) is 0 Å². The van der Waals surface area contributed by atoms with E-state index in [4.69, 9.17) is 11.6 Å². The largest absolute Gasteiger partial charge is 0.292 e. The lowest BCUT2D eigenvalue weighted by Gasteiger charge is -2.33. The molecule has 146 valence electrons. The van der Waals surface area contributed by atoms with Gasteiger partial charge in [-0.1, -0.05) is 35.9 Å². The summed E-state index contributed by atoms with van der Waals surface area (Å²) in [7, 11) is 0. The fourth-order valence-electron chi connectivity index (χ4n) is 4.83. The van der Waals surface area contributed by atoms with Crippen LogP contribution in [0.1, 0.15) is 34.5 Å². The van der Waals surface area contributed by atoms with Crippen molar-refractivity contribution in [2.24, 2.45) is 16.9 Å². The van der Waals surface area contributed by atoms with Crippen LogP contribution in [0.2, 0.25) is 5.02 Å². The minimum absolute atomic E-state index is 0.226. The lowest BCUT2D eigenvalue weighted by atomic mass is 9.83. The topological polar surface area (TPSA) is 70.1 Å². The Balaban J connectivity index is 1.65. The number of amides is 2. The second-order valence-corrected chi connectivity index (χ2v) is 7.92. The summed E-state index contributed by atoms with van der Waals surface area (Å²) in [5.74, 6) is -2.12. The minimum atomic E-state index is -0.830. The van der Waals surface area contributed by atoms with Crippen molar-refractivity contribution in [3.63, 3.8) is 0 Å². The molecule has 3 aliphatic rings. The smallest absolute Gasteiger partial charge is 0.235 e. The van der Waals surface area contributed by atoms with Gasteiger partial charge in [-0.3, -0.25) is 24.3 Å². The summed E-state index contributed by atoms with van der Waals surface area (Å²) in [6.07, 6.45) is 1.70. The van der Waals surface area contributed by atoms with Crippen molar-refractivity contribution >= 4 is 35.4 Å². The fourth-order valence-corrected chi connectivity index (χ4v) is 4.95. The molecule has 2 saturated heterocycles. The first-order chi connectivity index (χ1) is 14.0. The van der Waals surface area contributed by atoms with Gasteiger partial charge in [-0.25, -0.2) is 0 Å². The highest BCUT2D eigenvalue weighted by Gasteiger charge is 2.64. The third kappa shape index (κ3) is 2.48. The van der Waals surface area contributed by atoms with Gasteiger partial charge in [0.05, 0.1) is 24.1 Å². The van der Waals surface area contributed by atoms with E-state index in [0.29, 0.717) is 17.1 Å². The van der Waals surface area contributed by atoms with E-state index in [2.05, 4.69) is 5.10 Å². The van der Waals surface area contributed by atoms with Crippen LogP contribution in [-0.2, 0) is 9.59 Å². The summed E-state index contributed by atoms with van der Waals surface area (Å²) in [6.45, 7) is 2.07. The number of fused-ring (bicyclic) bond motifs is 5. The van der Waals surface area contributed by atoms with E-state index in [1.165, 1.54) is 4.90 Å². The lowest BCUT2D eigenvalue weighted by Crippen LogP contribution is -2.44. The molecule has 0 saturated carbocycles. The molecule has 2 amide bonds. The Kier molecular flexibility index (Phi) is 4.06.